The maximum atomic E-state index is 13.3. The highest BCUT2D eigenvalue weighted by Gasteiger charge is 2.42. The van der Waals surface area contributed by atoms with Crippen LogP contribution in [0.3, 0.4) is 0 Å². The molecule has 3 unspecified atom stereocenters. The summed E-state index contributed by atoms with van der Waals surface area (Å²) in [6.45, 7) is 5.43. The second-order valence-electron chi connectivity index (χ2n) is 9.12. The van der Waals surface area contributed by atoms with E-state index in [0.29, 0.717) is 34.9 Å². The molecule has 8 heteroatoms. The standard InChI is InChI=1S/C24H29F3N2O3/c1-4-15-8-16-10-18(30)11-17(9-15)29(16)21(31)7-14(3)19-12-28-20-6-5-13(2)23(22(19)20)32-24(25,26)27/h4-6,12,14,16-18,28,30H,7-11H2,1-3H3. The smallest absolute Gasteiger partial charge is 0.405 e. The van der Waals surface area contributed by atoms with E-state index in [-0.39, 0.29) is 36.1 Å². The molecule has 174 valence electrons. The van der Waals surface area contributed by atoms with Crippen LogP contribution in [0.15, 0.2) is 30.0 Å². The van der Waals surface area contributed by atoms with Crippen molar-refractivity contribution in [2.75, 3.05) is 0 Å². The minimum atomic E-state index is -4.80. The number of nitrogens with zero attached hydrogens (tertiary/aromatic N) is 1. The van der Waals surface area contributed by atoms with Crippen LogP contribution in [-0.4, -0.2) is 45.4 Å². The zero-order valence-corrected chi connectivity index (χ0v) is 18.5. The fraction of sp³-hybridized carbons (Fsp3) is 0.542. The second kappa shape index (κ2) is 8.46. The lowest BCUT2D eigenvalue weighted by molar-refractivity contribution is -0.274. The number of carbonyl (C=O) groups is 1. The molecule has 1 aromatic carbocycles. The monoisotopic (exact) mass is 450 g/mol. The van der Waals surface area contributed by atoms with E-state index in [1.54, 1.807) is 25.3 Å². The minimum absolute atomic E-state index is 0.0187. The number of H-pyrrole nitrogens is 1. The van der Waals surface area contributed by atoms with Gasteiger partial charge in [-0.3, -0.25) is 4.79 Å². The Labute approximate surface area is 185 Å². The third-order valence-electron chi connectivity index (χ3n) is 6.82. The number of ether oxygens (including phenoxy) is 1. The van der Waals surface area contributed by atoms with Crippen LogP contribution >= 0.6 is 0 Å². The molecule has 3 heterocycles. The van der Waals surface area contributed by atoms with Crippen LogP contribution in [0.2, 0.25) is 0 Å². The number of aliphatic hydroxyl groups is 1. The van der Waals surface area contributed by atoms with Crippen molar-refractivity contribution < 1.29 is 27.8 Å². The predicted molar refractivity (Wildman–Crippen MR) is 115 cm³/mol. The number of alkyl halides is 3. The molecule has 5 nitrogen and oxygen atoms in total. The number of hydrogen-bond acceptors (Lipinski definition) is 3. The van der Waals surface area contributed by atoms with Gasteiger partial charge in [0.2, 0.25) is 5.91 Å². The van der Waals surface area contributed by atoms with E-state index < -0.39 is 12.5 Å². The summed E-state index contributed by atoms with van der Waals surface area (Å²) in [4.78, 5) is 18.3. The summed E-state index contributed by atoms with van der Waals surface area (Å²) in [5.74, 6) is -0.543. The van der Waals surface area contributed by atoms with Crippen molar-refractivity contribution in [2.45, 2.75) is 83.3 Å². The number of allylic oxidation sites excluding steroid dienone is 1. The summed E-state index contributed by atoms with van der Waals surface area (Å²) in [6.07, 6.45) is 1.39. The van der Waals surface area contributed by atoms with E-state index in [4.69, 9.17) is 0 Å². The lowest BCUT2D eigenvalue weighted by atomic mass is 9.79. The molecule has 2 fully saturated rings. The third-order valence-corrected chi connectivity index (χ3v) is 6.82. The Bertz CT molecular complexity index is 1030. The first-order valence-corrected chi connectivity index (χ1v) is 11.1. The van der Waals surface area contributed by atoms with Gasteiger partial charge in [0.1, 0.15) is 5.75 Å². The summed E-state index contributed by atoms with van der Waals surface area (Å²) in [6, 6.07) is 3.25. The molecule has 0 aliphatic carbocycles. The molecule has 2 aromatic rings. The fourth-order valence-electron chi connectivity index (χ4n) is 5.38. The molecule has 2 N–H and O–H groups in total. The Hall–Kier alpha value is -2.48. The van der Waals surface area contributed by atoms with Gasteiger partial charge in [0.15, 0.2) is 0 Å². The van der Waals surface area contributed by atoms with Crippen molar-refractivity contribution in [3.63, 3.8) is 0 Å². The van der Waals surface area contributed by atoms with Crippen molar-refractivity contribution in [1.29, 1.82) is 0 Å². The fourth-order valence-corrected chi connectivity index (χ4v) is 5.38. The van der Waals surface area contributed by atoms with Gasteiger partial charge in [-0.25, -0.2) is 0 Å². The number of amides is 1. The molecule has 2 bridgehead atoms. The number of piperidine rings is 2. The number of aromatic nitrogens is 1. The number of aryl methyl sites for hydroxylation is 1. The first kappa shape index (κ1) is 22.7. The van der Waals surface area contributed by atoms with Crippen molar-refractivity contribution in [3.05, 3.63) is 41.1 Å². The van der Waals surface area contributed by atoms with Crippen LogP contribution in [0.1, 0.15) is 63.0 Å². The number of benzene rings is 1. The first-order chi connectivity index (χ1) is 15.1. The van der Waals surface area contributed by atoms with Crippen LogP contribution in [0, 0.1) is 6.92 Å². The van der Waals surface area contributed by atoms with Gasteiger partial charge in [0, 0.05) is 35.6 Å². The molecule has 0 spiro atoms. The molecular formula is C24H29F3N2O3. The first-order valence-electron chi connectivity index (χ1n) is 11.1. The number of fused-ring (bicyclic) bond motifs is 3. The van der Waals surface area contributed by atoms with Gasteiger partial charge in [-0.1, -0.05) is 24.6 Å². The Kier molecular flexibility index (Phi) is 6.00. The summed E-state index contributed by atoms with van der Waals surface area (Å²) in [5.41, 5.74) is 2.87. The van der Waals surface area contributed by atoms with E-state index in [9.17, 15) is 23.1 Å². The van der Waals surface area contributed by atoms with E-state index in [1.807, 2.05) is 18.7 Å². The Balaban J connectivity index is 1.60. The normalized spacial score (nSPS) is 24.5. The molecule has 3 atom stereocenters. The number of rotatable bonds is 4. The van der Waals surface area contributed by atoms with E-state index in [1.165, 1.54) is 5.57 Å². The molecule has 1 amide bonds. The Morgan fingerprint density at radius 3 is 2.56 bits per heavy atom. The molecule has 0 saturated carbocycles. The van der Waals surface area contributed by atoms with Gasteiger partial charge in [-0.2, -0.15) is 0 Å². The number of nitrogens with one attached hydrogen (secondary N) is 1. The lowest BCUT2D eigenvalue weighted by Crippen LogP contribution is -2.56. The molecule has 0 radical (unpaired) electrons. The number of carbonyl (C=O) groups excluding carboxylic acids is 1. The number of hydrogen-bond donors (Lipinski definition) is 2. The van der Waals surface area contributed by atoms with Crippen molar-refractivity contribution >= 4 is 16.8 Å². The van der Waals surface area contributed by atoms with E-state index in [0.717, 1.165) is 12.8 Å². The SMILES string of the molecule is CC=C1CC2CC(O)CC(C1)N2C(=O)CC(C)c1c[nH]c2ccc(C)c(OC(F)(F)F)c12. The molecule has 4 rings (SSSR count). The van der Waals surface area contributed by atoms with Crippen LogP contribution in [0.25, 0.3) is 10.9 Å². The molecule has 2 aliphatic rings. The van der Waals surface area contributed by atoms with Gasteiger partial charge in [-0.05, 0) is 62.6 Å². The number of halogens is 3. The van der Waals surface area contributed by atoms with Gasteiger partial charge in [-0.15, -0.1) is 13.2 Å². The molecule has 2 aliphatic heterocycles. The summed E-state index contributed by atoms with van der Waals surface area (Å²) < 4.78 is 43.5. The van der Waals surface area contributed by atoms with Crippen LogP contribution in [0.4, 0.5) is 13.2 Å². The zero-order chi connectivity index (χ0) is 23.2. The summed E-state index contributed by atoms with van der Waals surface area (Å²) in [7, 11) is 0. The maximum absolute atomic E-state index is 13.3. The third kappa shape index (κ3) is 4.37. The Morgan fingerprint density at radius 1 is 1.31 bits per heavy atom. The van der Waals surface area contributed by atoms with Crippen molar-refractivity contribution in [1.82, 2.24) is 9.88 Å². The zero-order valence-electron chi connectivity index (χ0n) is 18.5. The second-order valence-corrected chi connectivity index (χ2v) is 9.12. The van der Waals surface area contributed by atoms with Crippen LogP contribution < -0.4 is 4.74 Å². The van der Waals surface area contributed by atoms with Crippen molar-refractivity contribution in [3.8, 4) is 5.75 Å². The van der Waals surface area contributed by atoms with Gasteiger partial charge in [0.05, 0.1) is 6.10 Å². The highest BCUT2D eigenvalue weighted by atomic mass is 19.4. The molecule has 1 aromatic heterocycles. The number of aromatic amines is 1. The molecular weight excluding hydrogens is 421 g/mol. The average Bonchev–Trinajstić information content (AvgIpc) is 3.12. The van der Waals surface area contributed by atoms with Crippen LogP contribution in [0.5, 0.6) is 5.75 Å². The van der Waals surface area contributed by atoms with Gasteiger partial charge < -0.3 is 19.7 Å². The van der Waals surface area contributed by atoms with Gasteiger partial charge in [0.25, 0.3) is 0 Å². The minimum Gasteiger partial charge on any atom is -0.405 e. The lowest BCUT2D eigenvalue weighted by Gasteiger charge is -2.49. The predicted octanol–water partition coefficient (Wildman–Crippen LogP) is 5.33. The van der Waals surface area contributed by atoms with E-state index in [2.05, 4.69) is 15.8 Å². The molecule has 32 heavy (non-hydrogen) atoms. The van der Waals surface area contributed by atoms with Gasteiger partial charge >= 0.3 is 6.36 Å². The summed E-state index contributed by atoms with van der Waals surface area (Å²) in [5, 5.41) is 10.6. The topological polar surface area (TPSA) is 65.6 Å². The maximum Gasteiger partial charge on any atom is 0.573 e. The Morgan fingerprint density at radius 2 is 1.97 bits per heavy atom. The van der Waals surface area contributed by atoms with Crippen molar-refractivity contribution in [2.24, 2.45) is 0 Å². The van der Waals surface area contributed by atoms with E-state index >= 15 is 0 Å². The highest BCUT2D eigenvalue weighted by molar-refractivity contribution is 5.91. The highest BCUT2D eigenvalue weighted by Crippen LogP contribution is 2.41. The largest absolute Gasteiger partial charge is 0.573 e. The van der Waals surface area contributed by atoms with Crippen LogP contribution in [-0.2, 0) is 4.79 Å². The molecule has 2 saturated heterocycles. The summed E-state index contributed by atoms with van der Waals surface area (Å²) >= 11 is 0. The quantitative estimate of drug-likeness (QED) is 0.619. The number of aliphatic hydroxyl groups excluding tert-OH is 1. The average molecular weight is 451 g/mol.